The standard InChI is InChI=1S/C27H25BrCl2N2O4/c28-22-5-2-1-4-20(22)15-27(26(34)31-16-18-6-11-23(29)24(30)14-18)17-36-25(32-27)19-7-9-21(10-8-19)35-13-3-12-33/h1-2,4-11,14,33H,3,12-13,15-17H2,(H,31,34)/t27-/m1/s1. The number of rotatable bonds is 10. The summed E-state index contributed by atoms with van der Waals surface area (Å²) in [4.78, 5) is 18.4. The summed E-state index contributed by atoms with van der Waals surface area (Å²) in [6, 6.07) is 20.3. The van der Waals surface area contributed by atoms with Gasteiger partial charge in [-0.3, -0.25) is 4.79 Å². The van der Waals surface area contributed by atoms with Gasteiger partial charge in [-0.15, -0.1) is 0 Å². The lowest BCUT2D eigenvalue weighted by atomic mass is 9.91. The molecule has 0 bridgehead atoms. The maximum atomic E-state index is 13.6. The molecule has 0 aromatic heterocycles. The maximum Gasteiger partial charge on any atom is 0.252 e. The highest BCUT2D eigenvalue weighted by Crippen LogP contribution is 2.30. The van der Waals surface area contributed by atoms with Crippen LogP contribution in [0.15, 0.2) is 76.2 Å². The third-order valence-corrected chi connectivity index (χ3v) is 7.25. The van der Waals surface area contributed by atoms with Gasteiger partial charge >= 0.3 is 0 Å². The highest BCUT2D eigenvalue weighted by atomic mass is 79.9. The van der Waals surface area contributed by atoms with E-state index < -0.39 is 5.54 Å². The van der Waals surface area contributed by atoms with Gasteiger partial charge in [0, 0.05) is 36.0 Å². The van der Waals surface area contributed by atoms with Crippen molar-refractivity contribution >= 4 is 50.9 Å². The van der Waals surface area contributed by atoms with Crippen molar-refractivity contribution in [3.8, 4) is 5.75 Å². The largest absolute Gasteiger partial charge is 0.494 e. The molecule has 1 aliphatic rings. The summed E-state index contributed by atoms with van der Waals surface area (Å²) < 4.78 is 12.5. The van der Waals surface area contributed by atoms with Crippen molar-refractivity contribution in [3.05, 3.63) is 97.9 Å². The Morgan fingerprint density at radius 2 is 1.89 bits per heavy atom. The average Bonchev–Trinajstić information content (AvgIpc) is 3.32. The third kappa shape index (κ3) is 6.40. The van der Waals surface area contributed by atoms with Crippen molar-refractivity contribution in [2.45, 2.75) is 24.9 Å². The van der Waals surface area contributed by atoms with Gasteiger partial charge in [0.2, 0.25) is 5.90 Å². The third-order valence-electron chi connectivity index (χ3n) is 5.74. The summed E-state index contributed by atoms with van der Waals surface area (Å²) in [5.74, 6) is 0.835. The molecule has 6 nitrogen and oxygen atoms in total. The molecule has 36 heavy (non-hydrogen) atoms. The van der Waals surface area contributed by atoms with Crippen LogP contribution >= 0.6 is 39.1 Å². The van der Waals surface area contributed by atoms with Crippen LogP contribution in [0.4, 0.5) is 0 Å². The topological polar surface area (TPSA) is 80.2 Å². The molecular formula is C27H25BrCl2N2O4. The van der Waals surface area contributed by atoms with Crippen LogP contribution in [0.5, 0.6) is 5.75 Å². The number of ether oxygens (including phenoxy) is 2. The van der Waals surface area contributed by atoms with E-state index in [9.17, 15) is 4.79 Å². The van der Waals surface area contributed by atoms with Crippen LogP contribution in [-0.2, 0) is 22.5 Å². The number of amides is 1. The molecule has 0 unspecified atom stereocenters. The van der Waals surface area contributed by atoms with Crippen LogP contribution in [0.25, 0.3) is 0 Å². The smallest absolute Gasteiger partial charge is 0.252 e. The first-order chi connectivity index (χ1) is 17.4. The van der Waals surface area contributed by atoms with E-state index in [2.05, 4.69) is 21.2 Å². The molecule has 2 N–H and O–H groups in total. The molecule has 1 amide bonds. The molecule has 0 radical (unpaired) electrons. The molecule has 188 valence electrons. The molecule has 0 saturated heterocycles. The quantitative estimate of drug-likeness (QED) is 0.301. The minimum Gasteiger partial charge on any atom is -0.494 e. The normalized spacial score (nSPS) is 16.8. The first kappa shape index (κ1) is 26.5. The van der Waals surface area contributed by atoms with E-state index in [-0.39, 0.29) is 25.7 Å². The Morgan fingerprint density at radius 3 is 2.61 bits per heavy atom. The molecule has 0 saturated carbocycles. The lowest BCUT2D eigenvalue weighted by Crippen LogP contribution is -2.48. The van der Waals surface area contributed by atoms with Gasteiger partial charge in [-0.05, 0) is 53.6 Å². The number of hydrogen-bond donors (Lipinski definition) is 2. The number of nitrogens with one attached hydrogen (secondary N) is 1. The van der Waals surface area contributed by atoms with E-state index in [0.29, 0.717) is 41.1 Å². The summed E-state index contributed by atoms with van der Waals surface area (Å²) in [6.45, 7) is 0.889. The molecule has 1 atom stereocenters. The first-order valence-corrected chi connectivity index (χ1v) is 13.0. The van der Waals surface area contributed by atoms with E-state index in [1.807, 2.05) is 54.6 Å². The summed E-state index contributed by atoms with van der Waals surface area (Å²) in [7, 11) is 0. The van der Waals surface area contributed by atoms with Crippen LogP contribution in [0.3, 0.4) is 0 Å². The summed E-state index contributed by atoms with van der Waals surface area (Å²) in [6.07, 6.45) is 0.917. The Kier molecular flexibility index (Phi) is 8.90. The van der Waals surface area contributed by atoms with Crippen LogP contribution < -0.4 is 10.1 Å². The van der Waals surface area contributed by atoms with Gasteiger partial charge in [0.15, 0.2) is 5.54 Å². The van der Waals surface area contributed by atoms with E-state index in [0.717, 1.165) is 21.2 Å². The number of halogens is 3. The molecule has 3 aromatic rings. The number of nitrogens with zero attached hydrogens (tertiary/aromatic N) is 1. The number of aliphatic hydroxyl groups is 1. The van der Waals surface area contributed by atoms with E-state index >= 15 is 0 Å². The molecular weight excluding hydrogens is 567 g/mol. The lowest BCUT2D eigenvalue weighted by molar-refractivity contribution is -0.126. The van der Waals surface area contributed by atoms with Gasteiger partial charge in [-0.25, -0.2) is 4.99 Å². The van der Waals surface area contributed by atoms with Crippen molar-refractivity contribution < 1.29 is 19.4 Å². The van der Waals surface area contributed by atoms with Crippen LogP contribution in [0, 0.1) is 0 Å². The predicted octanol–water partition coefficient (Wildman–Crippen LogP) is 5.59. The Labute approximate surface area is 228 Å². The average molecular weight is 592 g/mol. The predicted molar refractivity (Wildman–Crippen MR) is 145 cm³/mol. The van der Waals surface area contributed by atoms with E-state index in [1.54, 1.807) is 12.1 Å². The molecule has 9 heteroatoms. The first-order valence-electron chi connectivity index (χ1n) is 11.4. The summed E-state index contributed by atoms with van der Waals surface area (Å²) >= 11 is 15.7. The minimum atomic E-state index is -1.15. The molecule has 1 aliphatic heterocycles. The molecule has 3 aromatic carbocycles. The van der Waals surface area contributed by atoms with Gasteiger partial charge in [-0.1, -0.05) is 63.4 Å². The van der Waals surface area contributed by atoms with Crippen molar-refractivity contribution in [1.82, 2.24) is 5.32 Å². The van der Waals surface area contributed by atoms with Gasteiger partial charge < -0.3 is 19.9 Å². The van der Waals surface area contributed by atoms with Crippen molar-refractivity contribution in [2.24, 2.45) is 4.99 Å². The number of carbonyl (C=O) groups is 1. The van der Waals surface area contributed by atoms with E-state index in [1.165, 1.54) is 0 Å². The van der Waals surface area contributed by atoms with Gasteiger partial charge in [0.1, 0.15) is 12.4 Å². The van der Waals surface area contributed by atoms with Crippen molar-refractivity contribution in [3.63, 3.8) is 0 Å². The second-order valence-electron chi connectivity index (χ2n) is 8.39. The fraction of sp³-hybridized carbons (Fsp3) is 0.259. The second-order valence-corrected chi connectivity index (χ2v) is 10.1. The van der Waals surface area contributed by atoms with Crippen LogP contribution in [-0.4, -0.2) is 42.3 Å². The Morgan fingerprint density at radius 1 is 1.11 bits per heavy atom. The van der Waals surface area contributed by atoms with Crippen molar-refractivity contribution in [2.75, 3.05) is 19.8 Å². The Bertz CT molecular complexity index is 1250. The molecule has 0 fully saturated rings. The molecule has 0 aliphatic carbocycles. The lowest BCUT2D eigenvalue weighted by Gasteiger charge is -2.24. The summed E-state index contributed by atoms with van der Waals surface area (Å²) in [5, 5.41) is 12.8. The minimum absolute atomic E-state index is 0.0788. The van der Waals surface area contributed by atoms with E-state index in [4.69, 9.17) is 42.8 Å². The number of aliphatic imine (C=N–C) groups is 1. The zero-order chi connectivity index (χ0) is 25.5. The van der Waals surface area contributed by atoms with Crippen LogP contribution in [0.2, 0.25) is 10.0 Å². The van der Waals surface area contributed by atoms with Crippen LogP contribution in [0.1, 0.15) is 23.1 Å². The van der Waals surface area contributed by atoms with Gasteiger partial charge in [0.05, 0.1) is 16.7 Å². The number of benzene rings is 3. The number of aliphatic hydroxyl groups excluding tert-OH is 1. The van der Waals surface area contributed by atoms with Gasteiger partial charge in [-0.2, -0.15) is 0 Å². The highest BCUT2D eigenvalue weighted by Gasteiger charge is 2.44. The Hall–Kier alpha value is -2.58. The molecule has 4 rings (SSSR count). The maximum absolute atomic E-state index is 13.6. The summed E-state index contributed by atoms with van der Waals surface area (Å²) in [5.41, 5.74) is 1.37. The molecule has 0 spiro atoms. The second kappa shape index (κ2) is 12.1. The number of hydrogen-bond acceptors (Lipinski definition) is 5. The molecule has 1 heterocycles. The fourth-order valence-corrected chi connectivity index (χ4v) is 4.53. The zero-order valence-corrected chi connectivity index (χ0v) is 22.4. The fourth-order valence-electron chi connectivity index (χ4n) is 3.78. The highest BCUT2D eigenvalue weighted by molar-refractivity contribution is 9.10. The number of carbonyl (C=O) groups excluding carboxylic acids is 1. The monoisotopic (exact) mass is 590 g/mol. The van der Waals surface area contributed by atoms with Gasteiger partial charge in [0.25, 0.3) is 5.91 Å². The van der Waals surface area contributed by atoms with Crippen molar-refractivity contribution in [1.29, 1.82) is 0 Å². The zero-order valence-electron chi connectivity index (χ0n) is 19.3. The Balaban J connectivity index is 1.57. The SMILES string of the molecule is O=C(NCc1ccc(Cl)c(Cl)c1)[C@@]1(Cc2ccccc2Br)COC(c2ccc(OCCCO)cc2)=N1.